The summed E-state index contributed by atoms with van der Waals surface area (Å²) in [6, 6.07) is 4.09. The second-order valence-corrected chi connectivity index (χ2v) is 4.18. The number of alkyl halides is 3. The molecular weight excluding hydrogens is 283 g/mol. The summed E-state index contributed by atoms with van der Waals surface area (Å²) in [7, 11) is 0. The van der Waals surface area contributed by atoms with Crippen LogP contribution < -0.4 is 10.6 Å². The number of urea groups is 1. The van der Waals surface area contributed by atoms with Crippen LogP contribution in [0.5, 0.6) is 0 Å². The first-order valence-corrected chi connectivity index (χ1v) is 5.66. The molecule has 0 atom stereocenters. The molecule has 0 fully saturated rings. The summed E-state index contributed by atoms with van der Waals surface area (Å²) in [4.78, 5) is 15.3. The van der Waals surface area contributed by atoms with E-state index < -0.39 is 17.2 Å². The normalized spacial score (nSPS) is 11.1. The van der Waals surface area contributed by atoms with Gasteiger partial charge >= 0.3 is 12.2 Å². The van der Waals surface area contributed by atoms with Crippen molar-refractivity contribution in [2.45, 2.75) is 6.18 Å². The van der Waals surface area contributed by atoms with Gasteiger partial charge in [0.05, 0.1) is 0 Å². The van der Waals surface area contributed by atoms with Gasteiger partial charge in [0.1, 0.15) is 5.82 Å². The maximum atomic E-state index is 12.3. The van der Waals surface area contributed by atoms with Crippen molar-refractivity contribution in [2.24, 2.45) is 0 Å². The monoisotopic (exact) mass is 289 g/mol. The van der Waals surface area contributed by atoms with Crippen LogP contribution in [0.25, 0.3) is 0 Å². The van der Waals surface area contributed by atoms with Gasteiger partial charge in [-0.3, -0.25) is 10.6 Å². The van der Waals surface area contributed by atoms with Gasteiger partial charge in [-0.25, -0.2) is 9.78 Å². The van der Waals surface area contributed by atoms with E-state index in [1.165, 1.54) is 12.3 Å². The highest BCUT2D eigenvalue weighted by Gasteiger charge is 2.35. The molecule has 0 aromatic carbocycles. The Hall–Kier alpha value is -2.23. The van der Waals surface area contributed by atoms with E-state index in [-0.39, 0.29) is 22.3 Å². The van der Waals surface area contributed by atoms with Gasteiger partial charge < -0.3 is 0 Å². The fourth-order valence-corrected chi connectivity index (χ4v) is 1.68. The van der Waals surface area contributed by atoms with E-state index in [4.69, 9.17) is 0 Å². The van der Waals surface area contributed by atoms with Crippen molar-refractivity contribution in [3.63, 3.8) is 0 Å². The van der Waals surface area contributed by atoms with Crippen molar-refractivity contribution in [1.29, 1.82) is 0 Å². The van der Waals surface area contributed by atoms with Crippen LogP contribution >= 0.6 is 11.3 Å². The predicted octanol–water partition coefficient (Wildman–Crippen LogP) is 2.60. The van der Waals surface area contributed by atoms with E-state index >= 15 is 0 Å². The topological polar surface area (TPSA) is 79.8 Å². The van der Waals surface area contributed by atoms with Crippen LogP contribution in [0, 0.1) is 0 Å². The number of hydrogen-bond acceptors (Lipinski definition) is 5. The van der Waals surface area contributed by atoms with E-state index in [9.17, 15) is 18.0 Å². The zero-order chi connectivity index (χ0) is 13.9. The summed E-state index contributed by atoms with van der Waals surface area (Å²) in [5.74, 6) is 0.264. The molecular formula is C9H6F3N5OS. The molecule has 2 aromatic heterocycles. The summed E-state index contributed by atoms with van der Waals surface area (Å²) in [5.41, 5.74) is 0. The van der Waals surface area contributed by atoms with Gasteiger partial charge in [0, 0.05) is 6.20 Å². The van der Waals surface area contributed by atoms with Gasteiger partial charge in [0.15, 0.2) is 0 Å². The second kappa shape index (κ2) is 5.18. The summed E-state index contributed by atoms with van der Waals surface area (Å²) >= 11 is 0.239. The Balaban J connectivity index is 1.98. The molecule has 0 radical (unpaired) electrons. The quantitative estimate of drug-likeness (QED) is 0.890. The lowest BCUT2D eigenvalue weighted by molar-refractivity contribution is -0.138. The molecule has 6 nitrogen and oxygen atoms in total. The Labute approximate surface area is 108 Å². The molecule has 10 heteroatoms. The molecule has 0 saturated heterocycles. The standard InChI is InChI=1S/C9H6F3N5OS/c10-9(11,12)6-16-17-8(19-6)15-7(18)14-5-3-1-2-4-13-5/h1-4H,(H2,13,14,15,17,18). The first-order valence-electron chi connectivity index (χ1n) is 4.85. The highest BCUT2D eigenvalue weighted by atomic mass is 32.1. The zero-order valence-electron chi connectivity index (χ0n) is 9.10. The number of rotatable bonds is 2. The number of aromatic nitrogens is 3. The van der Waals surface area contributed by atoms with Gasteiger partial charge in [-0.05, 0) is 12.1 Å². The number of hydrogen-bond donors (Lipinski definition) is 2. The third-order valence-corrected chi connectivity index (χ3v) is 2.68. The Morgan fingerprint density at radius 1 is 1.21 bits per heavy atom. The van der Waals surface area contributed by atoms with Crippen molar-refractivity contribution in [3.05, 3.63) is 29.4 Å². The Bertz CT molecular complexity index is 571. The predicted molar refractivity (Wildman–Crippen MR) is 61.8 cm³/mol. The maximum Gasteiger partial charge on any atom is 0.445 e. The van der Waals surface area contributed by atoms with Crippen LogP contribution in [0.4, 0.5) is 28.9 Å². The highest BCUT2D eigenvalue weighted by Crippen LogP contribution is 2.32. The lowest BCUT2D eigenvalue weighted by Gasteiger charge is -2.03. The smallest absolute Gasteiger partial charge is 0.292 e. The van der Waals surface area contributed by atoms with Crippen LogP contribution in [-0.2, 0) is 6.18 Å². The van der Waals surface area contributed by atoms with Gasteiger partial charge in [0.25, 0.3) is 0 Å². The molecule has 100 valence electrons. The minimum atomic E-state index is -4.57. The Kier molecular flexibility index (Phi) is 3.60. The molecule has 19 heavy (non-hydrogen) atoms. The summed E-state index contributed by atoms with van der Waals surface area (Å²) in [6.45, 7) is 0. The molecule has 0 aliphatic rings. The average molecular weight is 289 g/mol. The van der Waals surface area contributed by atoms with Crippen LogP contribution in [0.15, 0.2) is 24.4 Å². The lowest BCUT2D eigenvalue weighted by Crippen LogP contribution is -2.19. The van der Waals surface area contributed by atoms with Crippen LogP contribution in [0.1, 0.15) is 5.01 Å². The summed E-state index contributed by atoms with van der Waals surface area (Å²) < 4.78 is 36.8. The molecule has 2 heterocycles. The minimum Gasteiger partial charge on any atom is -0.292 e. The summed E-state index contributed by atoms with van der Waals surface area (Å²) in [5, 5.41) is 9.25. The van der Waals surface area contributed by atoms with E-state index in [1.54, 1.807) is 12.1 Å². The number of nitrogens with zero attached hydrogens (tertiary/aromatic N) is 3. The largest absolute Gasteiger partial charge is 0.445 e. The zero-order valence-corrected chi connectivity index (χ0v) is 9.92. The molecule has 0 aliphatic carbocycles. The molecule has 0 aliphatic heterocycles. The SMILES string of the molecule is O=C(Nc1ccccn1)Nc1nnc(C(F)(F)F)s1. The van der Waals surface area contributed by atoms with Gasteiger partial charge in [0.2, 0.25) is 10.1 Å². The van der Waals surface area contributed by atoms with E-state index in [1.807, 2.05) is 0 Å². The van der Waals surface area contributed by atoms with E-state index in [2.05, 4.69) is 25.8 Å². The molecule has 2 rings (SSSR count). The van der Waals surface area contributed by atoms with Gasteiger partial charge in [-0.2, -0.15) is 13.2 Å². The number of amides is 2. The van der Waals surface area contributed by atoms with Crippen molar-refractivity contribution in [1.82, 2.24) is 15.2 Å². The first kappa shape index (κ1) is 13.2. The second-order valence-electron chi connectivity index (χ2n) is 3.20. The number of anilines is 2. The number of nitrogens with one attached hydrogen (secondary N) is 2. The number of carbonyl (C=O) groups excluding carboxylic acids is 1. The molecule has 2 N–H and O–H groups in total. The number of carbonyl (C=O) groups is 1. The molecule has 0 unspecified atom stereocenters. The third kappa shape index (κ3) is 3.61. The fraction of sp³-hybridized carbons (Fsp3) is 0.111. The Morgan fingerprint density at radius 3 is 2.58 bits per heavy atom. The van der Waals surface area contributed by atoms with Crippen LogP contribution in [0.3, 0.4) is 0 Å². The van der Waals surface area contributed by atoms with Gasteiger partial charge in [-0.15, -0.1) is 10.2 Å². The van der Waals surface area contributed by atoms with Crippen molar-refractivity contribution >= 4 is 28.3 Å². The van der Waals surface area contributed by atoms with Gasteiger partial charge in [-0.1, -0.05) is 17.4 Å². The molecule has 0 spiro atoms. The number of pyridine rings is 1. The van der Waals surface area contributed by atoms with E-state index in [0.717, 1.165) is 0 Å². The minimum absolute atomic E-state index is 0.239. The molecule has 0 bridgehead atoms. The van der Waals surface area contributed by atoms with E-state index in [0.29, 0.717) is 0 Å². The van der Waals surface area contributed by atoms with Crippen molar-refractivity contribution in [2.75, 3.05) is 10.6 Å². The van der Waals surface area contributed by atoms with Crippen LogP contribution in [0.2, 0.25) is 0 Å². The molecule has 2 aromatic rings. The molecule has 2 amide bonds. The Morgan fingerprint density at radius 2 is 2.00 bits per heavy atom. The lowest BCUT2D eigenvalue weighted by atomic mass is 10.5. The molecule has 0 saturated carbocycles. The fourth-order valence-electron chi connectivity index (χ4n) is 1.07. The van der Waals surface area contributed by atoms with Crippen molar-refractivity contribution < 1.29 is 18.0 Å². The summed E-state index contributed by atoms with van der Waals surface area (Å²) in [6.07, 6.45) is -3.11. The van der Waals surface area contributed by atoms with Crippen LogP contribution in [-0.4, -0.2) is 21.2 Å². The highest BCUT2D eigenvalue weighted by molar-refractivity contribution is 7.15. The van der Waals surface area contributed by atoms with Crippen molar-refractivity contribution in [3.8, 4) is 0 Å². The average Bonchev–Trinajstić information content (AvgIpc) is 2.78. The first-order chi connectivity index (χ1) is 8.95. The third-order valence-electron chi connectivity index (χ3n) is 1.79. The number of halogens is 3. The maximum absolute atomic E-state index is 12.3.